The van der Waals surface area contributed by atoms with Crippen LogP contribution < -0.4 is 5.32 Å². The van der Waals surface area contributed by atoms with Gasteiger partial charge >= 0.3 is 0 Å². The molecule has 2 aromatic rings. The highest BCUT2D eigenvalue weighted by Crippen LogP contribution is 2.36. The number of nitrogens with zero attached hydrogens (tertiary/aromatic N) is 1. The highest BCUT2D eigenvalue weighted by atomic mass is 19.1. The predicted octanol–water partition coefficient (Wildman–Crippen LogP) is 3.30. The normalized spacial score (nSPS) is 21.4. The lowest BCUT2D eigenvalue weighted by Crippen LogP contribution is -2.41. The van der Waals surface area contributed by atoms with E-state index in [-0.39, 0.29) is 5.82 Å². The molecule has 0 aliphatic heterocycles. The third kappa shape index (κ3) is 3.23. The van der Waals surface area contributed by atoms with Gasteiger partial charge in [0.1, 0.15) is 5.82 Å². The van der Waals surface area contributed by atoms with Crippen molar-refractivity contribution in [3.8, 4) is 0 Å². The van der Waals surface area contributed by atoms with Gasteiger partial charge in [0.25, 0.3) is 0 Å². The van der Waals surface area contributed by atoms with Crippen LogP contribution in [0.4, 0.5) is 4.39 Å². The number of rotatable bonds is 5. The number of hydrogen-bond acceptors (Lipinski definition) is 2. The minimum absolute atomic E-state index is 0.155. The molecule has 3 rings (SSSR count). The van der Waals surface area contributed by atoms with E-state index in [2.05, 4.69) is 16.4 Å². The average Bonchev–Trinajstić information content (AvgIpc) is 2.44. The molecular weight excluding hydrogens is 251 g/mol. The molecule has 0 radical (unpaired) electrons. The van der Waals surface area contributed by atoms with E-state index in [9.17, 15) is 4.39 Å². The van der Waals surface area contributed by atoms with Crippen molar-refractivity contribution in [3.05, 3.63) is 65.7 Å². The third-order valence-corrected chi connectivity index (χ3v) is 4.02. The summed E-state index contributed by atoms with van der Waals surface area (Å²) in [5.74, 6) is 0.432. The molecule has 0 spiro atoms. The minimum atomic E-state index is -0.155. The molecule has 1 aliphatic rings. The van der Waals surface area contributed by atoms with Crippen LogP contribution in [-0.2, 0) is 6.42 Å². The minimum Gasteiger partial charge on any atom is -0.314 e. The van der Waals surface area contributed by atoms with Crippen molar-refractivity contribution in [3.63, 3.8) is 0 Å². The van der Waals surface area contributed by atoms with Crippen LogP contribution in [0.1, 0.15) is 30.0 Å². The summed E-state index contributed by atoms with van der Waals surface area (Å²) in [6.07, 6.45) is 5.10. The van der Waals surface area contributed by atoms with E-state index in [1.54, 1.807) is 12.1 Å². The molecule has 1 fully saturated rings. The van der Waals surface area contributed by atoms with E-state index in [1.165, 1.54) is 5.56 Å². The second kappa shape index (κ2) is 6.14. The van der Waals surface area contributed by atoms with Gasteiger partial charge < -0.3 is 5.32 Å². The van der Waals surface area contributed by atoms with Crippen LogP contribution in [0.5, 0.6) is 0 Å². The quantitative estimate of drug-likeness (QED) is 0.901. The van der Waals surface area contributed by atoms with Crippen molar-refractivity contribution in [1.82, 2.24) is 10.3 Å². The molecule has 3 heteroatoms. The van der Waals surface area contributed by atoms with Crippen LogP contribution in [0.15, 0.2) is 48.7 Å². The number of hydrogen-bond donors (Lipinski definition) is 1. The number of aromatic nitrogens is 1. The van der Waals surface area contributed by atoms with Crippen molar-refractivity contribution in [2.24, 2.45) is 0 Å². The fraction of sp³-hybridized carbons (Fsp3) is 0.353. The fourth-order valence-corrected chi connectivity index (χ4v) is 2.74. The monoisotopic (exact) mass is 270 g/mol. The molecule has 104 valence electrons. The average molecular weight is 270 g/mol. The molecule has 2 nitrogen and oxygen atoms in total. The molecule has 0 atom stereocenters. The first-order valence-corrected chi connectivity index (χ1v) is 7.20. The first-order chi connectivity index (χ1) is 9.81. The zero-order valence-corrected chi connectivity index (χ0v) is 11.4. The molecule has 0 amide bonds. The summed E-state index contributed by atoms with van der Waals surface area (Å²) in [7, 11) is 0. The summed E-state index contributed by atoms with van der Waals surface area (Å²) < 4.78 is 12.9. The van der Waals surface area contributed by atoms with Gasteiger partial charge in [-0.25, -0.2) is 4.39 Å². The number of nitrogens with one attached hydrogen (secondary N) is 1. The van der Waals surface area contributed by atoms with Gasteiger partial charge in [0.15, 0.2) is 0 Å². The zero-order chi connectivity index (χ0) is 13.8. The highest BCUT2D eigenvalue weighted by molar-refractivity contribution is 5.23. The maximum absolute atomic E-state index is 12.9. The Kier molecular flexibility index (Phi) is 4.07. The van der Waals surface area contributed by atoms with Crippen molar-refractivity contribution in [1.29, 1.82) is 0 Å². The molecule has 20 heavy (non-hydrogen) atoms. The predicted molar refractivity (Wildman–Crippen MR) is 78.1 cm³/mol. The summed E-state index contributed by atoms with van der Waals surface area (Å²) in [4.78, 5) is 4.31. The third-order valence-electron chi connectivity index (χ3n) is 4.02. The SMILES string of the molecule is Fc1ccc(C2CC(NCCc3ccccn3)C2)cc1. The Morgan fingerprint density at radius 2 is 1.90 bits per heavy atom. The van der Waals surface area contributed by atoms with Crippen LogP contribution in [-0.4, -0.2) is 17.6 Å². The second-order valence-corrected chi connectivity index (χ2v) is 5.44. The van der Waals surface area contributed by atoms with Gasteiger partial charge in [0.2, 0.25) is 0 Å². The Bertz CT molecular complexity index is 533. The van der Waals surface area contributed by atoms with Crippen LogP contribution >= 0.6 is 0 Å². The van der Waals surface area contributed by atoms with Crippen molar-refractivity contribution >= 4 is 0 Å². The molecule has 1 heterocycles. The molecular formula is C17H19FN2. The van der Waals surface area contributed by atoms with Crippen LogP contribution in [0.25, 0.3) is 0 Å². The largest absolute Gasteiger partial charge is 0.314 e. The molecule has 1 saturated carbocycles. The lowest BCUT2D eigenvalue weighted by atomic mass is 9.76. The summed E-state index contributed by atoms with van der Waals surface area (Å²) in [6, 6.07) is 13.5. The topological polar surface area (TPSA) is 24.9 Å². The van der Waals surface area contributed by atoms with Crippen LogP contribution in [0, 0.1) is 5.82 Å². The van der Waals surface area contributed by atoms with Crippen LogP contribution in [0.3, 0.4) is 0 Å². The zero-order valence-electron chi connectivity index (χ0n) is 11.4. The van der Waals surface area contributed by atoms with Gasteiger partial charge in [-0.15, -0.1) is 0 Å². The van der Waals surface area contributed by atoms with Gasteiger partial charge in [-0.1, -0.05) is 18.2 Å². The Labute approximate surface area is 119 Å². The van der Waals surface area contributed by atoms with E-state index in [4.69, 9.17) is 0 Å². The maximum atomic E-state index is 12.9. The molecule has 1 aromatic heterocycles. The maximum Gasteiger partial charge on any atom is 0.123 e. The Balaban J connectivity index is 1.39. The molecule has 0 unspecified atom stereocenters. The van der Waals surface area contributed by atoms with Crippen LogP contribution in [0.2, 0.25) is 0 Å². The van der Waals surface area contributed by atoms with Gasteiger partial charge in [-0.05, 0) is 48.6 Å². The summed E-state index contributed by atoms with van der Waals surface area (Å²) in [5, 5.41) is 3.56. The Morgan fingerprint density at radius 1 is 1.10 bits per heavy atom. The standard InChI is InChI=1S/C17H19FN2/c18-15-6-4-13(5-7-15)14-11-17(12-14)20-10-8-16-3-1-2-9-19-16/h1-7,9,14,17,20H,8,10-12H2. The van der Waals surface area contributed by atoms with Gasteiger partial charge in [0.05, 0.1) is 0 Å². The van der Waals surface area contributed by atoms with E-state index >= 15 is 0 Å². The second-order valence-electron chi connectivity index (χ2n) is 5.44. The fourth-order valence-electron chi connectivity index (χ4n) is 2.74. The van der Waals surface area contributed by atoms with Crippen molar-refractivity contribution in [2.45, 2.75) is 31.2 Å². The summed E-state index contributed by atoms with van der Waals surface area (Å²) in [6.45, 7) is 0.970. The summed E-state index contributed by atoms with van der Waals surface area (Å²) >= 11 is 0. The van der Waals surface area contributed by atoms with E-state index in [0.717, 1.165) is 31.5 Å². The number of pyridine rings is 1. The van der Waals surface area contributed by atoms with Gasteiger partial charge in [-0.3, -0.25) is 4.98 Å². The van der Waals surface area contributed by atoms with Gasteiger partial charge in [0, 0.05) is 30.9 Å². The van der Waals surface area contributed by atoms with Crippen molar-refractivity contribution in [2.75, 3.05) is 6.54 Å². The highest BCUT2D eigenvalue weighted by Gasteiger charge is 2.29. The molecule has 0 bridgehead atoms. The van der Waals surface area contributed by atoms with Gasteiger partial charge in [-0.2, -0.15) is 0 Å². The Hall–Kier alpha value is -1.74. The lowest BCUT2D eigenvalue weighted by Gasteiger charge is -2.36. The lowest BCUT2D eigenvalue weighted by molar-refractivity contribution is 0.292. The molecule has 1 N–H and O–H groups in total. The summed E-state index contributed by atoms with van der Waals surface area (Å²) in [5.41, 5.74) is 2.39. The van der Waals surface area contributed by atoms with E-state index in [1.807, 2.05) is 30.5 Å². The molecule has 1 aliphatic carbocycles. The number of benzene rings is 1. The van der Waals surface area contributed by atoms with E-state index in [0.29, 0.717) is 12.0 Å². The smallest absolute Gasteiger partial charge is 0.123 e. The van der Waals surface area contributed by atoms with Crippen molar-refractivity contribution < 1.29 is 4.39 Å². The Morgan fingerprint density at radius 3 is 2.60 bits per heavy atom. The number of halogens is 1. The molecule has 0 saturated heterocycles. The van der Waals surface area contributed by atoms with E-state index < -0.39 is 0 Å². The first-order valence-electron chi connectivity index (χ1n) is 7.20. The molecule has 1 aromatic carbocycles. The first kappa shape index (κ1) is 13.3.